The highest BCUT2D eigenvalue weighted by Gasteiger charge is 2.14. The van der Waals surface area contributed by atoms with Gasteiger partial charge < -0.3 is 9.64 Å². The van der Waals surface area contributed by atoms with Crippen LogP contribution in [0.15, 0.2) is 91.4 Å². The van der Waals surface area contributed by atoms with Crippen molar-refractivity contribution in [3.05, 3.63) is 102 Å². The molecule has 4 aromatic rings. The first-order valence-corrected chi connectivity index (χ1v) is 9.66. The highest BCUT2D eigenvalue weighted by atomic mass is 35.5. The number of carbonyl (C=O) groups is 1. The summed E-state index contributed by atoms with van der Waals surface area (Å²) in [4.78, 5) is 22.6. The number of aromatic nitrogens is 2. The van der Waals surface area contributed by atoms with Crippen LogP contribution in [0.3, 0.4) is 0 Å². The number of rotatable bonds is 5. The molecule has 0 bridgehead atoms. The van der Waals surface area contributed by atoms with E-state index in [9.17, 15) is 4.79 Å². The number of hydrogen-bond acceptors (Lipinski definition) is 4. The van der Waals surface area contributed by atoms with Crippen LogP contribution >= 0.6 is 11.6 Å². The minimum Gasteiger partial charge on any atom is -0.438 e. The Kier molecular flexibility index (Phi) is 5.72. The summed E-state index contributed by atoms with van der Waals surface area (Å²) in [6.07, 6.45) is 3.18. The quantitative estimate of drug-likeness (QED) is 0.409. The topological polar surface area (TPSA) is 55.3 Å². The Morgan fingerprint density at radius 2 is 1.63 bits per heavy atom. The summed E-state index contributed by atoms with van der Waals surface area (Å²) in [5.74, 6) is 0.957. The van der Waals surface area contributed by atoms with Gasteiger partial charge in [0.05, 0.1) is 5.56 Å². The van der Waals surface area contributed by atoms with E-state index in [0.29, 0.717) is 22.2 Å². The first-order chi connectivity index (χ1) is 14.6. The molecule has 6 heteroatoms. The van der Waals surface area contributed by atoms with E-state index in [2.05, 4.69) is 9.97 Å². The molecular formula is C24H18ClN3O2. The summed E-state index contributed by atoms with van der Waals surface area (Å²) in [6, 6.07) is 23.9. The van der Waals surface area contributed by atoms with Crippen molar-refractivity contribution in [1.29, 1.82) is 0 Å². The molecule has 0 aliphatic rings. The highest BCUT2D eigenvalue weighted by Crippen LogP contribution is 2.31. The highest BCUT2D eigenvalue weighted by molar-refractivity contribution is 6.30. The second kappa shape index (κ2) is 8.76. The number of amides is 1. The molecule has 0 aliphatic carbocycles. The third-order valence-corrected chi connectivity index (χ3v) is 4.85. The van der Waals surface area contributed by atoms with Crippen molar-refractivity contribution in [2.45, 2.75) is 0 Å². The summed E-state index contributed by atoms with van der Waals surface area (Å²) in [5, 5.41) is 0.593. The van der Waals surface area contributed by atoms with Crippen molar-refractivity contribution in [2.75, 3.05) is 11.9 Å². The Morgan fingerprint density at radius 3 is 2.33 bits per heavy atom. The van der Waals surface area contributed by atoms with Gasteiger partial charge in [-0.15, -0.1) is 0 Å². The van der Waals surface area contributed by atoms with Crippen LogP contribution in [-0.4, -0.2) is 22.9 Å². The van der Waals surface area contributed by atoms with Gasteiger partial charge in [0.2, 0.25) is 5.88 Å². The van der Waals surface area contributed by atoms with Crippen LogP contribution in [-0.2, 0) is 0 Å². The van der Waals surface area contributed by atoms with Gasteiger partial charge >= 0.3 is 0 Å². The zero-order chi connectivity index (χ0) is 20.9. The maximum atomic E-state index is 12.7. The lowest BCUT2D eigenvalue weighted by Crippen LogP contribution is -2.26. The summed E-state index contributed by atoms with van der Waals surface area (Å²) >= 11 is 5.90. The minimum atomic E-state index is -0.123. The molecule has 0 fully saturated rings. The molecule has 1 amide bonds. The van der Waals surface area contributed by atoms with E-state index in [0.717, 1.165) is 16.8 Å². The maximum absolute atomic E-state index is 12.7. The van der Waals surface area contributed by atoms with Crippen molar-refractivity contribution in [1.82, 2.24) is 9.97 Å². The molecule has 0 unspecified atom stereocenters. The first-order valence-electron chi connectivity index (χ1n) is 9.29. The molecule has 1 aromatic heterocycles. The Morgan fingerprint density at radius 1 is 0.933 bits per heavy atom. The molecule has 0 spiro atoms. The molecule has 0 saturated heterocycles. The van der Waals surface area contributed by atoms with Crippen LogP contribution in [0.1, 0.15) is 10.4 Å². The second-order valence-corrected chi connectivity index (χ2v) is 7.01. The van der Waals surface area contributed by atoms with Crippen LogP contribution in [0.25, 0.3) is 11.1 Å². The predicted molar refractivity (Wildman–Crippen MR) is 118 cm³/mol. The van der Waals surface area contributed by atoms with Gasteiger partial charge in [-0.25, -0.2) is 9.97 Å². The first kappa shape index (κ1) is 19.6. The lowest BCUT2D eigenvalue weighted by atomic mass is 10.1. The van der Waals surface area contributed by atoms with Crippen molar-refractivity contribution in [2.24, 2.45) is 0 Å². The number of benzene rings is 3. The smallest absolute Gasteiger partial charge is 0.258 e. The average molecular weight is 416 g/mol. The van der Waals surface area contributed by atoms with Gasteiger partial charge in [-0.3, -0.25) is 4.79 Å². The molecule has 30 heavy (non-hydrogen) atoms. The molecule has 0 radical (unpaired) electrons. The number of nitrogens with zero attached hydrogens (tertiary/aromatic N) is 3. The van der Waals surface area contributed by atoms with E-state index in [1.165, 1.54) is 6.33 Å². The number of hydrogen-bond donors (Lipinski definition) is 0. The monoisotopic (exact) mass is 415 g/mol. The molecule has 5 nitrogen and oxygen atoms in total. The summed E-state index contributed by atoms with van der Waals surface area (Å²) < 4.78 is 5.99. The summed E-state index contributed by atoms with van der Waals surface area (Å²) in [7, 11) is 1.73. The van der Waals surface area contributed by atoms with Gasteiger partial charge in [0.15, 0.2) is 0 Å². The zero-order valence-corrected chi connectivity index (χ0v) is 17.0. The van der Waals surface area contributed by atoms with Gasteiger partial charge in [-0.05, 0) is 54.1 Å². The average Bonchev–Trinajstić information content (AvgIpc) is 2.80. The number of carbonyl (C=O) groups excluding carboxylic acids is 1. The van der Waals surface area contributed by atoms with E-state index < -0.39 is 0 Å². The van der Waals surface area contributed by atoms with Gasteiger partial charge in [0.1, 0.15) is 12.1 Å². The third kappa shape index (κ3) is 4.31. The van der Waals surface area contributed by atoms with E-state index in [1.807, 2.05) is 42.5 Å². The van der Waals surface area contributed by atoms with Gasteiger partial charge in [-0.2, -0.15) is 0 Å². The lowest BCUT2D eigenvalue weighted by Gasteiger charge is -2.18. The Labute approximate surface area is 179 Å². The van der Waals surface area contributed by atoms with Gasteiger partial charge in [-0.1, -0.05) is 41.9 Å². The number of halogens is 1. The van der Waals surface area contributed by atoms with Crippen LogP contribution in [0.5, 0.6) is 11.6 Å². The Bertz CT molecular complexity index is 1150. The minimum absolute atomic E-state index is 0.123. The van der Waals surface area contributed by atoms with Crippen molar-refractivity contribution in [3.63, 3.8) is 0 Å². The van der Waals surface area contributed by atoms with Gasteiger partial charge in [0, 0.05) is 29.5 Å². The molecular weight excluding hydrogens is 398 g/mol. The number of anilines is 1. The fourth-order valence-corrected chi connectivity index (χ4v) is 3.09. The summed E-state index contributed by atoms with van der Waals surface area (Å²) in [5.41, 5.74) is 3.08. The van der Waals surface area contributed by atoms with Crippen LogP contribution < -0.4 is 9.64 Å². The van der Waals surface area contributed by atoms with E-state index >= 15 is 0 Å². The van der Waals surface area contributed by atoms with Crippen LogP contribution in [0.4, 0.5) is 5.69 Å². The second-order valence-electron chi connectivity index (χ2n) is 6.57. The molecule has 1 heterocycles. The molecule has 148 valence electrons. The molecule has 4 rings (SSSR count). The molecule has 0 saturated carbocycles. The Hall–Kier alpha value is -3.70. The summed E-state index contributed by atoms with van der Waals surface area (Å²) in [6.45, 7) is 0. The maximum Gasteiger partial charge on any atom is 0.258 e. The van der Waals surface area contributed by atoms with E-state index in [4.69, 9.17) is 16.3 Å². The Balaban J connectivity index is 1.52. The molecule has 3 aromatic carbocycles. The fraction of sp³-hybridized carbons (Fsp3) is 0.0417. The zero-order valence-electron chi connectivity index (χ0n) is 16.2. The van der Waals surface area contributed by atoms with E-state index in [-0.39, 0.29) is 5.91 Å². The largest absolute Gasteiger partial charge is 0.438 e. The van der Waals surface area contributed by atoms with Gasteiger partial charge in [0.25, 0.3) is 5.91 Å². The van der Waals surface area contributed by atoms with Crippen LogP contribution in [0, 0.1) is 0 Å². The third-order valence-electron chi connectivity index (χ3n) is 4.59. The molecule has 0 atom stereocenters. The molecule has 0 N–H and O–H groups in total. The van der Waals surface area contributed by atoms with Crippen molar-refractivity contribution >= 4 is 23.2 Å². The van der Waals surface area contributed by atoms with Crippen LogP contribution in [0.2, 0.25) is 5.02 Å². The van der Waals surface area contributed by atoms with Crippen molar-refractivity contribution in [3.8, 4) is 22.8 Å². The van der Waals surface area contributed by atoms with E-state index in [1.54, 1.807) is 54.5 Å². The molecule has 0 aliphatic heterocycles. The standard InChI is InChI=1S/C24H18ClN3O2/c1-28(24(29)18-7-9-19(25)10-8-18)20-11-13-21(14-12-20)30-23-22(15-26-16-27-23)17-5-3-2-4-6-17/h2-16H,1H3. The SMILES string of the molecule is CN(C(=O)c1ccc(Cl)cc1)c1ccc(Oc2ncncc2-c2ccccc2)cc1. The van der Waals surface area contributed by atoms with Crippen molar-refractivity contribution < 1.29 is 9.53 Å². The normalized spacial score (nSPS) is 10.5. The predicted octanol–water partition coefficient (Wildman–Crippen LogP) is 5.87. The fourth-order valence-electron chi connectivity index (χ4n) is 2.97. The number of ether oxygens (including phenoxy) is 1. The lowest BCUT2D eigenvalue weighted by molar-refractivity contribution is 0.0993.